The van der Waals surface area contributed by atoms with Crippen LogP contribution in [0.25, 0.3) is 0 Å². The summed E-state index contributed by atoms with van der Waals surface area (Å²) in [5.41, 5.74) is -0.776. The third-order valence-electron chi connectivity index (χ3n) is 2.19. The van der Waals surface area contributed by atoms with E-state index >= 15 is 0 Å². The zero-order chi connectivity index (χ0) is 14.6. The van der Waals surface area contributed by atoms with Crippen LogP contribution in [0.4, 0.5) is 15.8 Å². The standard InChI is InChI=1S/C10H12ClFN2O4S/c1-7(5-11)6-19(17,18)13-8-2-3-10(14(15)16)9(12)4-8/h2-4,7,13H,5-6H2,1H3. The Balaban J connectivity index is 2.89. The maximum Gasteiger partial charge on any atom is 0.304 e. The fourth-order valence-electron chi connectivity index (χ4n) is 1.36. The number of halogens is 2. The summed E-state index contributed by atoms with van der Waals surface area (Å²) in [4.78, 5) is 9.53. The molecule has 1 aromatic rings. The number of rotatable bonds is 6. The van der Waals surface area contributed by atoms with E-state index in [1.54, 1.807) is 6.92 Å². The Kier molecular flexibility index (Phi) is 5.07. The van der Waals surface area contributed by atoms with Crippen LogP contribution in [-0.4, -0.2) is 25.0 Å². The van der Waals surface area contributed by atoms with E-state index in [1.807, 2.05) is 0 Å². The van der Waals surface area contributed by atoms with Gasteiger partial charge in [-0.05, 0) is 12.0 Å². The summed E-state index contributed by atoms with van der Waals surface area (Å²) in [5, 5.41) is 10.4. The first-order valence-corrected chi connectivity index (χ1v) is 7.44. The fourth-order valence-corrected chi connectivity index (χ4v) is 3.03. The Bertz CT molecular complexity index is 579. The molecule has 106 valence electrons. The molecule has 0 saturated heterocycles. The van der Waals surface area contributed by atoms with E-state index in [0.717, 1.165) is 18.2 Å². The van der Waals surface area contributed by atoms with Crippen LogP contribution in [-0.2, 0) is 10.0 Å². The Hall–Kier alpha value is -1.41. The first kappa shape index (κ1) is 15.6. The largest absolute Gasteiger partial charge is 0.304 e. The number of nitro benzene ring substituents is 1. The number of anilines is 1. The van der Waals surface area contributed by atoms with E-state index in [9.17, 15) is 22.9 Å². The van der Waals surface area contributed by atoms with Gasteiger partial charge in [-0.3, -0.25) is 14.8 Å². The van der Waals surface area contributed by atoms with Gasteiger partial charge in [0, 0.05) is 18.0 Å². The molecule has 0 heterocycles. The van der Waals surface area contributed by atoms with Gasteiger partial charge in [0.15, 0.2) is 0 Å². The van der Waals surface area contributed by atoms with Crippen molar-refractivity contribution in [3.05, 3.63) is 34.1 Å². The van der Waals surface area contributed by atoms with Gasteiger partial charge in [-0.25, -0.2) is 8.42 Å². The van der Waals surface area contributed by atoms with Crippen molar-refractivity contribution in [1.82, 2.24) is 0 Å². The maximum absolute atomic E-state index is 13.3. The van der Waals surface area contributed by atoms with Crippen LogP contribution in [0.15, 0.2) is 18.2 Å². The molecule has 0 amide bonds. The van der Waals surface area contributed by atoms with Crippen molar-refractivity contribution in [2.24, 2.45) is 5.92 Å². The minimum Gasteiger partial charge on any atom is -0.283 e. The lowest BCUT2D eigenvalue weighted by Crippen LogP contribution is -2.22. The highest BCUT2D eigenvalue weighted by Crippen LogP contribution is 2.21. The topological polar surface area (TPSA) is 89.3 Å². The molecule has 1 unspecified atom stereocenters. The molecular formula is C10H12ClFN2O4S. The first-order valence-electron chi connectivity index (χ1n) is 5.25. The molecule has 0 aromatic heterocycles. The first-order chi connectivity index (χ1) is 8.75. The van der Waals surface area contributed by atoms with Crippen LogP contribution < -0.4 is 4.72 Å². The van der Waals surface area contributed by atoms with Crippen LogP contribution in [0.2, 0.25) is 0 Å². The van der Waals surface area contributed by atoms with Crippen LogP contribution in [0, 0.1) is 21.8 Å². The van der Waals surface area contributed by atoms with Gasteiger partial charge in [-0.1, -0.05) is 6.92 Å². The van der Waals surface area contributed by atoms with Crippen LogP contribution in [0.1, 0.15) is 6.92 Å². The molecule has 0 saturated carbocycles. The zero-order valence-corrected chi connectivity index (χ0v) is 11.5. The van der Waals surface area contributed by atoms with E-state index in [2.05, 4.69) is 4.72 Å². The monoisotopic (exact) mass is 310 g/mol. The Morgan fingerprint density at radius 1 is 1.53 bits per heavy atom. The molecule has 0 aliphatic heterocycles. The van der Waals surface area contributed by atoms with Crippen molar-refractivity contribution in [2.45, 2.75) is 6.92 Å². The third kappa shape index (κ3) is 4.64. The molecule has 0 radical (unpaired) electrons. The summed E-state index contributed by atoms with van der Waals surface area (Å²) >= 11 is 5.51. The number of benzene rings is 1. The van der Waals surface area contributed by atoms with E-state index in [-0.39, 0.29) is 23.2 Å². The maximum atomic E-state index is 13.3. The Labute approximate surface area is 114 Å². The van der Waals surface area contributed by atoms with Crippen LogP contribution in [0.5, 0.6) is 0 Å². The van der Waals surface area contributed by atoms with Gasteiger partial charge in [0.05, 0.1) is 16.4 Å². The number of alkyl halides is 1. The lowest BCUT2D eigenvalue weighted by atomic mass is 10.3. The predicted octanol–water partition coefficient (Wildman–Crippen LogP) is 2.35. The van der Waals surface area contributed by atoms with Crippen molar-refractivity contribution >= 4 is 33.0 Å². The molecular weight excluding hydrogens is 299 g/mol. The summed E-state index contributed by atoms with van der Waals surface area (Å²) < 4.78 is 38.8. The quantitative estimate of drug-likeness (QED) is 0.496. The van der Waals surface area contributed by atoms with Gasteiger partial charge >= 0.3 is 5.69 Å². The zero-order valence-electron chi connectivity index (χ0n) is 9.97. The molecule has 0 aliphatic rings. The minimum atomic E-state index is -3.67. The van der Waals surface area contributed by atoms with Crippen molar-refractivity contribution in [2.75, 3.05) is 16.4 Å². The summed E-state index contributed by atoms with van der Waals surface area (Å²) in [7, 11) is -3.67. The normalized spacial score (nSPS) is 13.0. The fraction of sp³-hybridized carbons (Fsp3) is 0.400. The SMILES string of the molecule is CC(CCl)CS(=O)(=O)Nc1ccc([N+](=O)[O-])c(F)c1. The lowest BCUT2D eigenvalue weighted by Gasteiger charge is -2.11. The summed E-state index contributed by atoms with van der Waals surface area (Å²) in [6, 6.07) is 2.79. The van der Waals surface area contributed by atoms with Crippen molar-refractivity contribution in [3.8, 4) is 0 Å². The van der Waals surface area contributed by atoms with Crippen molar-refractivity contribution < 1.29 is 17.7 Å². The molecule has 1 atom stereocenters. The summed E-state index contributed by atoms with van der Waals surface area (Å²) in [6.45, 7) is 1.66. The second kappa shape index (κ2) is 6.16. The second-order valence-corrected chi connectivity index (χ2v) is 6.14. The van der Waals surface area contributed by atoms with Gasteiger partial charge in [0.2, 0.25) is 15.8 Å². The molecule has 19 heavy (non-hydrogen) atoms. The van der Waals surface area contributed by atoms with Gasteiger partial charge in [-0.15, -0.1) is 11.6 Å². The molecule has 6 nitrogen and oxygen atoms in total. The minimum absolute atomic E-state index is 0.0649. The lowest BCUT2D eigenvalue weighted by molar-refractivity contribution is -0.387. The molecule has 0 aliphatic carbocycles. The molecule has 0 fully saturated rings. The number of sulfonamides is 1. The average molecular weight is 311 g/mol. The van der Waals surface area contributed by atoms with Gasteiger partial charge in [-0.2, -0.15) is 4.39 Å². The van der Waals surface area contributed by atoms with Crippen LogP contribution >= 0.6 is 11.6 Å². The number of nitrogens with one attached hydrogen (secondary N) is 1. The van der Waals surface area contributed by atoms with Crippen molar-refractivity contribution in [1.29, 1.82) is 0 Å². The predicted molar refractivity (Wildman–Crippen MR) is 70.3 cm³/mol. The van der Waals surface area contributed by atoms with Gasteiger partial charge in [0.25, 0.3) is 0 Å². The second-order valence-electron chi connectivity index (χ2n) is 4.07. The molecule has 9 heteroatoms. The van der Waals surface area contributed by atoms with E-state index in [1.165, 1.54) is 0 Å². The van der Waals surface area contributed by atoms with Gasteiger partial charge < -0.3 is 0 Å². The number of nitro groups is 1. The van der Waals surface area contributed by atoms with E-state index in [0.29, 0.717) is 0 Å². The van der Waals surface area contributed by atoms with Crippen molar-refractivity contribution in [3.63, 3.8) is 0 Å². The highest BCUT2D eigenvalue weighted by Gasteiger charge is 2.18. The van der Waals surface area contributed by atoms with E-state index in [4.69, 9.17) is 11.6 Å². The highest BCUT2D eigenvalue weighted by atomic mass is 35.5. The molecule has 1 rings (SSSR count). The molecule has 1 N–H and O–H groups in total. The Morgan fingerprint density at radius 3 is 2.63 bits per heavy atom. The Morgan fingerprint density at radius 2 is 2.16 bits per heavy atom. The summed E-state index contributed by atoms with van der Waals surface area (Å²) in [6.07, 6.45) is 0. The molecule has 1 aromatic carbocycles. The average Bonchev–Trinajstić information content (AvgIpc) is 2.26. The van der Waals surface area contributed by atoms with E-state index < -0.39 is 26.5 Å². The smallest absolute Gasteiger partial charge is 0.283 e. The van der Waals surface area contributed by atoms with Crippen LogP contribution in [0.3, 0.4) is 0 Å². The number of hydrogen-bond donors (Lipinski definition) is 1. The summed E-state index contributed by atoms with van der Waals surface area (Å²) in [5.74, 6) is -1.40. The third-order valence-corrected chi connectivity index (χ3v) is 4.27. The van der Waals surface area contributed by atoms with Gasteiger partial charge in [0.1, 0.15) is 0 Å². The number of hydrogen-bond acceptors (Lipinski definition) is 4. The highest BCUT2D eigenvalue weighted by molar-refractivity contribution is 7.92. The molecule has 0 bridgehead atoms. The molecule has 0 spiro atoms. The number of nitrogens with zero attached hydrogens (tertiary/aromatic N) is 1.